The first-order valence-electron chi connectivity index (χ1n) is 6.22. The number of anilines is 1. The average Bonchev–Trinajstić information content (AvgIpc) is 2.47. The highest BCUT2D eigenvalue weighted by Gasteiger charge is 2.09. The summed E-state index contributed by atoms with van der Waals surface area (Å²) in [7, 11) is 3.33. The van der Waals surface area contributed by atoms with Crippen molar-refractivity contribution in [3.05, 3.63) is 59.7 Å². The molecule has 5 nitrogen and oxygen atoms in total. The molecule has 0 aliphatic heterocycles. The van der Waals surface area contributed by atoms with Gasteiger partial charge in [0.15, 0.2) is 0 Å². The van der Waals surface area contributed by atoms with Crippen molar-refractivity contribution >= 4 is 17.5 Å². The number of benzene rings is 1. The topological polar surface area (TPSA) is 62.3 Å². The highest BCUT2D eigenvalue weighted by Crippen LogP contribution is 2.12. The molecule has 2 amide bonds. The van der Waals surface area contributed by atoms with Gasteiger partial charge in [0.2, 0.25) is 5.95 Å². The second kappa shape index (κ2) is 6.13. The molecule has 0 saturated heterocycles. The number of nitrogens with one attached hydrogen (secondary N) is 1. The maximum atomic E-state index is 12.7. The monoisotopic (exact) mass is 287 g/mol. The van der Waals surface area contributed by atoms with Crippen molar-refractivity contribution in [2.45, 2.75) is 0 Å². The number of halogens is 1. The highest BCUT2D eigenvalue weighted by atomic mass is 19.1. The molecule has 0 unspecified atom stereocenters. The van der Waals surface area contributed by atoms with Crippen molar-refractivity contribution in [3.8, 4) is 0 Å². The molecule has 0 atom stereocenters. The zero-order chi connectivity index (χ0) is 15.4. The van der Waals surface area contributed by atoms with E-state index in [1.165, 1.54) is 11.0 Å². The molecule has 0 fully saturated rings. The Labute approximate surface area is 121 Å². The first kappa shape index (κ1) is 14.6. The Bertz CT molecular complexity index is 652. The van der Waals surface area contributed by atoms with E-state index in [1.54, 1.807) is 38.4 Å². The third kappa shape index (κ3) is 3.62. The molecule has 108 valence electrons. The van der Waals surface area contributed by atoms with Gasteiger partial charge in [-0.25, -0.2) is 4.98 Å². The van der Waals surface area contributed by atoms with Crippen LogP contribution in [0.5, 0.6) is 0 Å². The smallest absolute Gasteiger partial charge is 0.257 e. The summed E-state index contributed by atoms with van der Waals surface area (Å²) >= 11 is 0. The molecule has 0 radical (unpaired) electrons. The van der Waals surface area contributed by atoms with E-state index < -0.39 is 11.9 Å². The van der Waals surface area contributed by atoms with Crippen molar-refractivity contribution in [1.82, 2.24) is 9.88 Å². The van der Waals surface area contributed by atoms with Gasteiger partial charge >= 0.3 is 0 Å². The molecule has 0 spiro atoms. The zero-order valence-electron chi connectivity index (χ0n) is 11.6. The van der Waals surface area contributed by atoms with Crippen LogP contribution in [-0.4, -0.2) is 35.8 Å². The molecule has 21 heavy (non-hydrogen) atoms. The van der Waals surface area contributed by atoms with Crippen molar-refractivity contribution < 1.29 is 14.0 Å². The van der Waals surface area contributed by atoms with Crippen LogP contribution in [0.1, 0.15) is 20.7 Å². The van der Waals surface area contributed by atoms with E-state index in [1.807, 2.05) is 0 Å². The quantitative estimate of drug-likeness (QED) is 0.880. The third-order valence-corrected chi connectivity index (χ3v) is 2.79. The van der Waals surface area contributed by atoms with Gasteiger partial charge in [0, 0.05) is 31.5 Å². The lowest BCUT2D eigenvalue weighted by Crippen LogP contribution is -2.21. The molecule has 1 aromatic heterocycles. The van der Waals surface area contributed by atoms with Gasteiger partial charge in [0.25, 0.3) is 11.8 Å². The van der Waals surface area contributed by atoms with Gasteiger partial charge in [-0.1, -0.05) is 0 Å². The fourth-order valence-electron chi connectivity index (χ4n) is 1.67. The van der Waals surface area contributed by atoms with Crippen molar-refractivity contribution in [1.29, 1.82) is 0 Å². The number of amides is 2. The van der Waals surface area contributed by atoms with Gasteiger partial charge in [-0.15, -0.1) is 0 Å². The molecule has 0 aliphatic rings. The summed E-state index contributed by atoms with van der Waals surface area (Å²) in [6, 6.07) is 8.98. The maximum absolute atomic E-state index is 12.7. The fraction of sp³-hybridized carbons (Fsp3) is 0.133. The number of pyridine rings is 1. The number of hydrogen-bond donors (Lipinski definition) is 1. The number of nitrogens with zero attached hydrogens (tertiary/aromatic N) is 2. The van der Waals surface area contributed by atoms with E-state index in [9.17, 15) is 14.0 Å². The van der Waals surface area contributed by atoms with Crippen molar-refractivity contribution in [2.24, 2.45) is 0 Å². The second-order valence-electron chi connectivity index (χ2n) is 4.60. The molecular weight excluding hydrogens is 273 g/mol. The minimum atomic E-state index is -0.641. The Morgan fingerprint density at radius 1 is 1.05 bits per heavy atom. The standard InChI is InChI=1S/C15H14FN3O2/c1-19(2)15(21)10-3-6-12(7-4-10)18-14(20)11-5-8-13(16)17-9-11/h3-9H,1-2H3,(H,18,20). The van der Waals surface area contributed by atoms with Crippen LogP contribution in [0.4, 0.5) is 10.1 Å². The predicted molar refractivity (Wildman–Crippen MR) is 76.6 cm³/mol. The fourth-order valence-corrected chi connectivity index (χ4v) is 1.67. The van der Waals surface area contributed by atoms with Gasteiger partial charge in [-0.05, 0) is 36.4 Å². The van der Waals surface area contributed by atoms with Crippen LogP contribution < -0.4 is 5.32 Å². The molecular formula is C15H14FN3O2. The summed E-state index contributed by atoms with van der Waals surface area (Å²) in [4.78, 5) is 28.5. The van der Waals surface area contributed by atoms with Crippen LogP contribution >= 0.6 is 0 Å². The van der Waals surface area contributed by atoms with E-state index in [4.69, 9.17) is 0 Å². The van der Waals surface area contributed by atoms with Crippen LogP contribution in [0.25, 0.3) is 0 Å². The summed E-state index contributed by atoms with van der Waals surface area (Å²) < 4.78 is 12.7. The second-order valence-corrected chi connectivity index (χ2v) is 4.60. The SMILES string of the molecule is CN(C)C(=O)c1ccc(NC(=O)c2ccc(F)nc2)cc1. The molecule has 1 aromatic carbocycles. The highest BCUT2D eigenvalue weighted by molar-refractivity contribution is 6.04. The predicted octanol–water partition coefficient (Wildman–Crippen LogP) is 2.17. The van der Waals surface area contributed by atoms with Crippen LogP contribution in [0.3, 0.4) is 0 Å². The Morgan fingerprint density at radius 2 is 1.67 bits per heavy atom. The summed E-state index contributed by atoms with van der Waals surface area (Å²) in [5.41, 5.74) is 1.32. The van der Waals surface area contributed by atoms with Gasteiger partial charge in [0.1, 0.15) is 0 Å². The van der Waals surface area contributed by atoms with Gasteiger partial charge in [-0.3, -0.25) is 9.59 Å². The number of rotatable bonds is 3. The third-order valence-electron chi connectivity index (χ3n) is 2.79. The van der Waals surface area contributed by atoms with Gasteiger partial charge in [-0.2, -0.15) is 4.39 Å². The van der Waals surface area contributed by atoms with E-state index in [0.29, 0.717) is 11.3 Å². The first-order chi connectivity index (χ1) is 9.97. The van der Waals surface area contributed by atoms with Crippen LogP contribution in [0.15, 0.2) is 42.6 Å². The first-order valence-corrected chi connectivity index (χ1v) is 6.22. The molecule has 1 heterocycles. The number of aromatic nitrogens is 1. The summed E-state index contributed by atoms with van der Waals surface area (Å²) in [6.45, 7) is 0. The van der Waals surface area contributed by atoms with Crippen molar-refractivity contribution in [2.75, 3.05) is 19.4 Å². The summed E-state index contributed by atoms with van der Waals surface area (Å²) in [5.74, 6) is -1.15. The average molecular weight is 287 g/mol. The molecule has 0 aliphatic carbocycles. The number of carbonyl (C=O) groups excluding carboxylic acids is 2. The Kier molecular flexibility index (Phi) is 4.27. The normalized spacial score (nSPS) is 10.0. The lowest BCUT2D eigenvalue weighted by Gasteiger charge is -2.11. The van der Waals surface area contributed by atoms with Gasteiger partial charge < -0.3 is 10.2 Å². The minimum Gasteiger partial charge on any atom is -0.345 e. The van der Waals surface area contributed by atoms with Crippen LogP contribution in [-0.2, 0) is 0 Å². The van der Waals surface area contributed by atoms with E-state index in [2.05, 4.69) is 10.3 Å². The molecule has 2 aromatic rings. The summed E-state index contributed by atoms with van der Waals surface area (Å²) in [6.07, 6.45) is 1.16. The Balaban J connectivity index is 2.08. The van der Waals surface area contributed by atoms with Crippen LogP contribution in [0, 0.1) is 5.95 Å². The Morgan fingerprint density at radius 3 is 2.19 bits per heavy atom. The molecule has 1 N–H and O–H groups in total. The van der Waals surface area contributed by atoms with E-state index in [-0.39, 0.29) is 11.5 Å². The summed E-state index contributed by atoms with van der Waals surface area (Å²) in [5, 5.41) is 2.65. The number of hydrogen-bond acceptors (Lipinski definition) is 3. The lowest BCUT2D eigenvalue weighted by molar-refractivity contribution is 0.0827. The molecule has 2 rings (SSSR count). The molecule has 0 bridgehead atoms. The Hall–Kier alpha value is -2.76. The van der Waals surface area contributed by atoms with Crippen LogP contribution in [0.2, 0.25) is 0 Å². The molecule has 0 saturated carbocycles. The van der Waals surface area contributed by atoms with Crippen molar-refractivity contribution in [3.63, 3.8) is 0 Å². The van der Waals surface area contributed by atoms with E-state index in [0.717, 1.165) is 12.3 Å². The lowest BCUT2D eigenvalue weighted by atomic mass is 10.2. The zero-order valence-corrected chi connectivity index (χ0v) is 11.6. The van der Waals surface area contributed by atoms with Gasteiger partial charge in [0.05, 0.1) is 5.56 Å². The van der Waals surface area contributed by atoms with E-state index >= 15 is 0 Å². The number of carbonyl (C=O) groups is 2. The largest absolute Gasteiger partial charge is 0.345 e. The maximum Gasteiger partial charge on any atom is 0.257 e. The minimum absolute atomic E-state index is 0.115. The molecule has 6 heteroatoms.